The fraction of sp³-hybridized carbons (Fsp3) is 0.917. The molecule has 1 saturated heterocycles. The van der Waals surface area contributed by atoms with Gasteiger partial charge in [0.15, 0.2) is 5.66 Å². The van der Waals surface area contributed by atoms with Crippen molar-refractivity contribution in [1.82, 2.24) is 4.90 Å². The molecule has 4 nitrogen and oxygen atoms in total. The van der Waals surface area contributed by atoms with Crippen LogP contribution in [0.2, 0.25) is 0 Å². The molecule has 2 aliphatic rings. The first-order chi connectivity index (χ1) is 7.65. The van der Waals surface area contributed by atoms with Gasteiger partial charge in [-0.15, -0.1) is 0 Å². The van der Waals surface area contributed by atoms with E-state index in [-0.39, 0.29) is 11.8 Å². The van der Waals surface area contributed by atoms with Crippen LogP contribution in [0.15, 0.2) is 0 Å². The number of primary amides is 1. The van der Waals surface area contributed by atoms with Crippen molar-refractivity contribution in [2.45, 2.75) is 50.6 Å². The fourth-order valence-corrected chi connectivity index (χ4v) is 3.25. The Kier molecular flexibility index (Phi) is 3.50. The number of nitrogens with zero attached hydrogens (tertiary/aromatic N) is 1. The minimum Gasteiger partial charge on any atom is -0.367 e. The van der Waals surface area contributed by atoms with Gasteiger partial charge in [-0.05, 0) is 31.6 Å². The third kappa shape index (κ3) is 1.96. The van der Waals surface area contributed by atoms with Crippen molar-refractivity contribution in [2.75, 3.05) is 13.1 Å². The van der Waals surface area contributed by atoms with Crippen LogP contribution < -0.4 is 11.5 Å². The summed E-state index contributed by atoms with van der Waals surface area (Å²) in [7, 11) is 0. The topological polar surface area (TPSA) is 72.3 Å². The molecule has 0 bridgehead atoms. The maximum atomic E-state index is 11.8. The maximum absolute atomic E-state index is 11.8. The highest BCUT2D eigenvalue weighted by Crippen LogP contribution is 2.34. The van der Waals surface area contributed by atoms with Crippen LogP contribution in [0.3, 0.4) is 0 Å². The molecule has 1 amide bonds. The van der Waals surface area contributed by atoms with Gasteiger partial charge in [0.05, 0.1) is 0 Å². The summed E-state index contributed by atoms with van der Waals surface area (Å²) in [4.78, 5) is 13.9. The third-order valence-electron chi connectivity index (χ3n) is 4.25. The smallest absolute Gasteiger partial charge is 0.252 e. The van der Waals surface area contributed by atoms with Gasteiger partial charge in [-0.1, -0.05) is 19.3 Å². The molecule has 4 N–H and O–H groups in total. The third-order valence-corrected chi connectivity index (χ3v) is 4.25. The molecule has 1 aliphatic carbocycles. The molecule has 2 fully saturated rings. The van der Waals surface area contributed by atoms with E-state index >= 15 is 0 Å². The second-order valence-corrected chi connectivity index (χ2v) is 5.22. The van der Waals surface area contributed by atoms with Gasteiger partial charge in [-0.3, -0.25) is 9.69 Å². The Hall–Kier alpha value is -0.610. The predicted molar refractivity (Wildman–Crippen MR) is 63.5 cm³/mol. The molecule has 92 valence electrons. The van der Waals surface area contributed by atoms with Gasteiger partial charge in [0.2, 0.25) is 0 Å². The highest BCUT2D eigenvalue weighted by atomic mass is 16.2. The molecule has 0 spiro atoms. The molecule has 0 aromatic rings. The molecule has 1 atom stereocenters. The SMILES string of the molecule is NC(=O)C(N)(C1CCCCC1)N1CCCC1. The first-order valence-corrected chi connectivity index (χ1v) is 6.49. The highest BCUT2D eigenvalue weighted by Gasteiger charge is 2.46. The number of carbonyl (C=O) groups is 1. The standard InChI is InChI=1S/C12H23N3O/c13-11(16)12(14,15-8-4-5-9-15)10-6-2-1-3-7-10/h10H,1-9,14H2,(H2,13,16). The zero-order valence-corrected chi connectivity index (χ0v) is 9.95. The Labute approximate surface area is 97.3 Å². The van der Waals surface area contributed by atoms with Gasteiger partial charge in [0.1, 0.15) is 0 Å². The van der Waals surface area contributed by atoms with Crippen LogP contribution >= 0.6 is 0 Å². The molecule has 1 aliphatic heterocycles. The summed E-state index contributed by atoms with van der Waals surface area (Å²) < 4.78 is 0. The largest absolute Gasteiger partial charge is 0.367 e. The van der Waals surface area contributed by atoms with Crippen LogP contribution in [-0.2, 0) is 4.79 Å². The Bertz CT molecular complexity index is 257. The molecular formula is C12H23N3O. The second kappa shape index (κ2) is 4.72. The number of amides is 1. The van der Waals surface area contributed by atoms with E-state index in [9.17, 15) is 4.79 Å². The molecule has 0 aromatic carbocycles. The van der Waals surface area contributed by atoms with Crippen molar-refractivity contribution in [3.63, 3.8) is 0 Å². The summed E-state index contributed by atoms with van der Waals surface area (Å²) >= 11 is 0. The number of hydrogen-bond donors (Lipinski definition) is 2. The Morgan fingerprint density at radius 3 is 2.12 bits per heavy atom. The van der Waals surface area contributed by atoms with Crippen LogP contribution in [0.1, 0.15) is 44.9 Å². The van der Waals surface area contributed by atoms with Crippen molar-refractivity contribution >= 4 is 5.91 Å². The second-order valence-electron chi connectivity index (χ2n) is 5.22. The number of rotatable bonds is 3. The molecular weight excluding hydrogens is 202 g/mol. The first kappa shape index (κ1) is 11.9. The summed E-state index contributed by atoms with van der Waals surface area (Å²) in [6.07, 6.45) is 8.02. The summed E-state index contributed by atoms with van der Waals surface area (Å²) in [5, 5.41) is 0. The number of hydrogen-bond acceptors (Lipinski definition) is 3. The van der Waals surface area contributed by atoms with E-state index in [1.54, 1.807) is 0 Å². The monoisotopic (exact) mass is 225 g/mol. The molecule has 0 radical (unpaired) electrons. The molecule has 1 heterocycles. The summed E-state index contributed by atoms with van der Waals surface area (Å²) in [6.45, 7) is 1.85. The lowest BCUT2D eigenvalue weighted by Crippen LogP contribution is -2.67. The number of carbonyl (C=O) groups excluding carboxylic acids is 1. The van der Waals surface area contributed by atoms with Crippen LogP contribution in [0.5, 0.6) is 0 Å². The average Bonchev–Trinajstić information content (AvgIpc) is 2.82. The van der Waals surface area contributed by atoms with Gasteiger partial charge < -0.3 is 11.5 Å². The van der Waals surface area contributed by atoms with Gasteiger partial charge in [-0.25, -0.2) is 0 Å². The van der Waals surface area contributed by atoms with E-state index in [4.69, 9.17) is 11.5 Å². The Balaban J connectivity index is 2.15. The first-order valence-electron chi connectivity index (χ1n) is 6.49. The van der Waals surface area contributed by atoms with Gasteiger partial charge >= 0.3 is 0 Å². The maximum Gasteiger partial charge on any atom is 0.252 e. The zero-order valence-electron chi connectivity index (χ0n) is 9.95. The molecule has 1 unspecified atom stereocenters. The minimum absolute atomic E-state index is 0.261. The summed E-state index contributed by atoms with van der Waals surface area (Å²) in [6, 6.07) is 0. The van der Waals surface area contributed by atoms with Crippen LogP contribution in [0.4, 0.5) is 0 Å². The lowest BCUT2D eigenvalue weighted by Gasteiger charge is -2.43. The quantitative estimate of drug-likeness (QED) is 0.746. The van der Waals surface area contributed by atoms with Gasteiger partial charge in [-0.2, -0.15) is 0 Å². The van der Waals surface area contributed by atoms with E-state index in [1.165, 1.54) is 19.3 Å². The lowest BCUT2D eigenvalue weighted by atomic mass is 9.79. The average molecular weight is 225 g/mol. The molecule has 4 heteroatoms. The van der Waals surface area contributed by atoms with Crippen molar-refractivity contribution in [3.8, 4) is 0 Å². The summed E-state index contributed by atoms with van der Waals surface area (Å²) in [5.74, 6) is -0.0712. The van der Waals surface area contributed by atoms with E-state index in [1.807, 2.05) is 0 Å². The normalized spacial score (nSPS) is 27.8. The van der Waals surface area contributed by atoms with Crippen LogP contribution in [0.25, 0.3) is 0 Å². The van der Waals surface area contributed by atoms with Gasteiger partial charge in [0.25, 0.3) is 5.91 Å². The van der Waals surface area contributed by atoms with Crippen molar-refractivity contribution in [2.24, 2.45) is 17.4 Å². The van der Waals surface area contributed by atoms with Gasteiger partial charge in [0, 0.05) is 13.1 Å². The summed E-state index contributed by atoms with van der Waals surface area (Å²) in [5.41, 5.74) is 11.1. The predicted octanol–water partition coefficient (Wildman–Crippen LogP) is 0.803. The van der Waals surface area contributed by atoms with Crippen molar-refractivity contribution in [1.29, 1.82) is 0 Å². The molecule has 2 rings (SSSR count). The van der Waals surface area contributed by atoms with E-state index in [2.05, 4.69) is 4.90 Å². The lowest BCUT2D eigenvalue weighted by molar-refractivity contribution is -0.134. The number of nitrogens with two attached hydrogens (primary N) is 2. The van der Waals surface area contributed by atoms with Crippen molar-refractivity contribution in [3.05, 3.63) is 0 Å². The van der Waals surface area contributed by atoms with E-state index in [0.717, 1.165) is 38.8 Å². The van der Waals surface area contributed by atoms with Crippen LogP contribution in [-0.4, -0.2) is 29.6 Å². The van der Waals surface area contributed by atoms with Crippen LogP contribution in [0, 0.1) is 5.92 Å². The molecule has 0 aromatic heterocycles. The highest BCUT2D eigenvalue weighted by molar-refractivity contribution is 5.84. The molecule has 16 heavy (non-hydrogen) atoms. The minimum atomic E-state index is -0.878. The fourth-order valence-electron chi connectivity index (χ4n) is 3.25. The van der Waals surface area contributed by atoms with Crippen molar-refractivity contribution < 1.29 is 4.79 Å². The van der Waals surface area contributed by atoms with E-state index < -0.39 is 5.66 Å². The Morgan fingerprint density at radius 2 is 1.62 bits per heavy atom. The zero-order chi connectivity index (χ0) is 11.6. The number of likely N-dealkylation sites (tertiary alicyclic amines) is 1. The Morgan fingerprint density at radius 1 is 1.06 bits per heavy atom. The molecule has 1 saturated carbocycles. The van der Waals surface area contributed by atoms with E-state index in [0.29, 0.717) is 0 Å².